The van der Waals surface area contributed by atoms with Crippen molar-refractivity contribution in [2.45, 2.75) is 70.0 Å². The number of pyridine rings is 1. The Kier molecular flexibility index (Phi) is 8.80. The number of carbonyl (C=O) groups is 2. The molecule has 0 spiro atoms. The van der Waals surface area contributed by atoms with Crippen LogP contribution in [0.15, 0.2) is 59.5 Å². The van der Waals surface area contributed by atoms with E-state index >= 15 is 0 Å². The van der Waals surface area contributed by atoms with Crippen LogP contribution < -0.4 is 10.1 Å². The standard InChI is InChI=1S/C39H45FN6O7S/c1-24-9-13-28(14-10-24)54(49,50)52-18-17-51-33-8-6-7-26-19-32(46(34(26)33)22-25-11-12-25)36-43-31-20-29-30(42-35(31)44(36)5)15-16-45(37(29)47)23-27(21-40)41-38(48)53-39(2,3)4/h6-10,13-14,19-20,25,27H,11-12,15-18,21-23H2,1-5H3,(H,41,48)/t27-/m1/s1/i17D2,18D2. The number of imidazole rings is 1. The largest absolute Gasteiger partial charge is 0.489 e. The van der Waals surface area contributed by atoms with Gasteiger partial charge in [0.25, 0.3) is 16.0 Å². The molecule has 0 unspecified atom stereocenters. The second kappa shape index (κ2) is 14.7. The minimum absolute atomic E-state index is 0.0413. The van der Waals surface area contributed by atoms with Crippen LogP contribution in [0.25, 0.3) is 33.6 Å². The van der Waals surface area contributed by atoms with Crippen molar-refractivity contribution in [3.8, 4) is 17.3 Å². The van der Waals surface area contributed by atoms with Crippen LogP contribution in [0.4, 0.5) is 9.18 Å². The number of fused-ring (bicyclic) bond motifs is 3. The topological polar surface area (TPSA) is 147 Å². The summed E-state index contributed by atoms with van der Waals surface area (Å²) in [6.07, 6.45) is 1.53. The lowest BCUT2D eigenvalue weighted by molar-refractivity contribution is 0.0465. The van der Waals surface area contributed by atoms with Crippen molar-refractivity contribution in [1.82, 2.24) is 29.3 Å². The van der Waals surface area contributed by atoms with Crippen molar-refractivity contribution in [2.24, 2.45) is 13.0 Å². The first kappa shape index (κ1) is 32.4. The molecule has 0 bridgehead atoms. The molecule has 2 aromatic carbocycles. The molecule has 54 heavy (non-hydrogen) atoms. The average Bonchev–Trinajstić information content (AvgIpc) is 3.80. The highest BCUT2D eigenvalue weighted by molar-refractivity contribution is 7.86. The number of aromatic nitrogens is 4. The molecule has 2 aliphatic rings. The fourth-order valence-corrected chi connectivity index (χ4v) is 7.23. The smallest absolute Gasteiger partial charge is 0.408 e. The third-order valence-corrected chi connectivity index (χ3v) is 10.5. The zero-order valence-electron chi connectivity index (χ0n) is 34.7. The number of para-hydroxylation sites is 1. The summed E-state index contributed by atoms with van der Waals surface area (Å²) in [6.45, 7) is -0.0989. The number of aryl methyl sites for hydroxylation is 2. The highest BCUT2D eigenvalue weighted by Crippen LogP contribution is 2.39. The van der Waals surface area contributed by atoms with Gasteiger partial charge in [0.05, 0.1) is 38.9 Å². The predicted octanol–water partition coefficient (Wildman–Crippen LogP) is 5.95. The van der Waals surface area contributed by atoms with Crippen LogP contribution in [0.5, 0.6) is 5.75 Å². The molecule has 1 N–H and O–H groups in total. The predicted molar refractivity (Wildman–Crippen MR) is 201 cm³/mol. The molecule has 1 aliphatic carbocycles. The van der Waals surface area contributed by atoms with Crippen LogP contribution in [-0.2, 0) is 39.1 Å². The number of benzene rings is 2. The van der Waals surface area contributed by atoms with Crippen LogP contribution in [0.3, 0.4) is 0 Å². The van der Waals surface area contributed by atoms with E-state index in [-0.39, 0.29) is 29.6 Å². The van der Waals surface area contributed by atoms with Gasteiger partial charge < -0.3 is 28.8 Å². The molecule has 1 saturated carbocycles. The quantitative estimate of drug-likeness (QED) is 0.144. The third kappa shape index (κ3) is 7.92. The molecule has 13 nitrogen and oxygen atoms in total. The number of alkyl carbamates (subject to hydrolysis) is 1. The van der Waals surface area contributed by atoms with Gasteiger partial charge in [-0.2, -0.15) is 8.42 Å². The lowest BCUT2D eigenvalue weighted by Gasteiger charge is -2.31. The number of amides is 2. The van der Waals surface area contributed by atoms with Gasteiger partial charge in [-0.1, -0.05) is 29.8 Å². The Balaban J connectivity index is 1.20. The summed E-state index contributed by atoms with van der Waals surface area (Å²) in [5.74, 6) is 0.374. The summed E-state index contributed by atoms with van der Waals surface area (Å²) in [7, 11) is -2.93. The highest BCUT2D eigenvalue weighted by Gasteiger charge is 2.31. The van der Waals surface area contributed by atoms with Crippen LogP contribution >= 0.6 is 0 Å². The van der Waals surface area contributed by atoms with Gasteiger partial charge in [-0.3, -0.25) is 8.98 Å². The second-order valence-corrected chi connectivity index (χ2v) is 16.3. The highest BCUT2D eigenvalue weighted by atomic mass is 32.2. The molecule has 4 heterocycles. The molecule has 0 radical (unpaired) electrons. The van der Waals surface area contributed by atoms with E-state index in [4.69, 9.17) is 29.1 Å². The van der Waals surface area contributed by atoms with Crippen LogP contribution in [0.2, 0.25) is 0 Å². The number of halogens is 1. The van der Waals surface area contributed by atoms with E-state index in [0.29, 0.717) is 63.7 Å². The molecular weight excluding hydrogens is 716 g/mol. The maximum atomic E-state index is 14.0. The Morgan fingerprint density at radius 3 is 2.57 bits per heavy atom. The fraction of sp³-hybridized carbons (Fsp3) is 0.436. The lowest BCUT2D eigenvalue weighted by Crippen LogP contribution is -2.50. The Morgan fingerprint density at radius 1 is 1.11 bits per heavy atom. The van der Waals surface area contributed by atoms with E-state index in [0.717, 1.165) is 18.4 Å². The van der Waals surface area contributed by atoms with Gasteiger partial charge in [0.2, 0.25) is 0 Å². The Labute approximate surface area is 319 Å². The maximum absolute atomic E-state index is 14.0. The van der Waals surface area contributed by atoms with Gasteiger partial charge in [0.1, 0.15) is 36.7 Å². The van der Waals surface area contributed by atoms with Crippen LogP contribution in [0.1, 0.15) is 60.7 Å². The molecule has 3 aromatic heterocycles. The number of ether oxygens (including phenoxy) is 2. The van der Waals surface area contributed by atoms with Crippen molar-refractivity contribution in [3.63, 3.8) is 0 Å². The third-order valence-electron chi connectivity index (χ3n) is 9.32. The number of alkyl halides is 1. The van der Waals surface area contributed by atoms with Gasteiger partial charge in [0, 0.05) is 38.5 Å². The molecule has 15 heteroatoms. The minimum atomic E-state index is -4.72. The van der Waals surface area contributed by atoms with E-state index in [1.807, 2.05) is 10.6 Å². The number of rotatable bonds is 13. The molecular formula is C39H45FN6O7S. The van der Waals surface area contributed by atoms with Crippen LogP contribution in [0, 0.1) is 12.8 Å². The van der Waals surface area contributed by atoms with Crippen molar-refractivity contribution in [1.29, 1.82) is 0 Å². The summed E-state index contributed by atoms with van der Waals surface area (Å²) < 4.78 is 93.7. The van der Waals surface area contributed by atoms with E-state index in [2.05, 4.69) is 5.32 Å². The first-order valence-electron chi connectivity index (χ1n) is 19.7. The van der Waals surface area contributed by atoms with Crippen molar-refractivity contribution < 1.29 is 41.5 Å². The zero-order chi connectivity index (χ0) is 41.9. The van der Waals surface area contributed by atoms with Gasteiger partial charge in [0.15, 0.2) is 11.5 Å². The Bertz CT molecular complexity index is 2520. The van der Waals surface area contributed by atoms with Crippen molar-refractivity contribution in [2.75, 3.05) is 32.9 Å². The fourth-order valence-electron chi connectivity index (χ4n) is 6.52. The summed E-state index contributed by atoms with van der Waals surface area (Å²) in [4.78, 5) is 37.0. The monoisotopic (exact) mass is 764 g/mol. The first-order chi connectivity index (χ1) is 27.2. The van der Waals surface area contributed by atoms with E-state index < -0.39 is 47.6 Å². The normalized spacial score (nSPS) is 17.1. The molecule has 0 saturated heterocycles. The molecule has 5 aromatic rings. The summed E-state index contributed by atoms with van der Waals surface area (Å²) in [5, 5.41) is 3.14. The van der Waals surface area contributed by atoms with E-state index in [1.165, 1.54) is 35.2 Å². The van der Waals surface area contributed by atoms with Gasteiger partial charge in [-0.05, 0) is 76.8 Å². The Morgan fingerprint density at radius 2 is 1.87 bits per heavy atom. The summed E-state index contributed by atoms with van der Waals surface area (Å²) >= 11 is 0. The molecule has 1 atom stereocenters. The second-order valence-electron chi connectivity index (χ2n) is 14.8. The van der Waals surface area contributed by atoms with E-state index in [1.54, 1.807) is 57.5 Å². The molecule has 1 aliphatic heterocycles. The van der Waals surface area contributed by atoms with E-state index in [9.17, 15) is 22.4 Å². The zero-order valence-corrected chi connectivity index (χ0v) is 31.5. The minimum Gasteiger partial charge on any atom is -0.489 e. The maximum Gasteiger partial charge on any atom is 0.408 e. The molecule has 1 fully saturated rings. The summed E-state index contributed by atoms with van der Waals surface area (Å²) in [5.41, 5.74) is 2.88. The first-order valence-corrected chi connectivity index (χ1v) is 19.1. The Hall–Kier alpha value is -5.02. The van der Waals surface area contributed by atoms with Gasteiger partial charge in [-0.15, -0.1) is 0 Å². The lowest BCUT2D eigenvalue weighted by atomic mass is 10.0. The molecule has 2 amide bonds. The van der Waals surface area contributed by atoms with Crippen molar-refractivity contribution in [3.05, 3.63) is 71.4 Å². The number of hydrogen-bond acceptors (Lipinski definition) is 9. The molecule has 286 valence electrons. The SMILES string of the molecule is [2H]C([2H])(Oc1cccc2cc(-c3nc4cc5c(nc4n3C)CCN(C[C@@H](CF)NC(=O)OC(C)(C)C)C5=O)n(CC3CC3)c12)C([2H])([2H])OS(=O)(=O)c1ccc(C)cc1. The van der Waals surface area contributed by atoms with Gasteiger partial charge in [-0.25, -0.2) is 19.2 Å². The number of nitrogens with zero attached hydrogens (tertiary/aromatic N) is 5. The van der Waals surface area contributed by atoms with Gasteiger partial charge >= 0.3 is 6.09 Å². The van der Waals surface area contributed by atoms with Crippen molar-refractivity contribution >= 4 is 44.2 Å². The average molecular weight is 765 g/mol. The molecule has 7 rings (SSSR count). The number of hydrogen-bond donors (Lipinski definition) is 1. The van der Waals surface area contributed by atoms with Crippen LogP contribution in [-0.4, -0.2) is 88.9 Å². The number of carbonyl (C=O) groups excluding carboxylic acids is 2. The summed E-state index contributed by atoms with van der Waals surface area (Å²) in [6, 6.07) is 13.0. The number of nitrogens with one attached hydrogen (secondary N) is 1.